The van der Waals surface area contributed by atoms with Crippen molar-refractivity contribution < 1.29 is 14.3 Å². The van der Waals surface area contributed by atoms with Gasteiger partial charge in [0.2, 0.25) is 0 Å². The topological polar surface area (TPSA) is 43.4 Å². The molecule has 0 amide bonds. The van der Waals surface area contributed by atoms with Gasteiger partial charge in [-0.25, -0.2) is 0 Å². The van der Waals surface area contributed by atoms with Crippen LogP contribution in [0.2, 0.25) is 0 Å². The molecule has 0 aromatic heterocycles. The van der Waals surface area contributed by atoms with E-state index >= 15 is 0 Å². The molecule has 0 fully saturated rings. The molecule has 0 aromatic rings. The summed E-state index contributed by atoms with van der Waals surface area (Å²) in [6.07, 6.45) is 4.27. The van der Waals surface area contributed by atoms with Gasteiger partial charge in [-0.2, -0.15) is 0 Å². The maximum absolute atomic E-state index is 11.9. The molecule has 94 valence electrons. The van der Waals surface area contributed by atoms with E-state index in [1.54, 1.807) is 6.92 Å². The van der Waals surface area contributed by atoms with E-state index in [0.717, 1.165) is 25.5 Å². The van der Waals surface area contributed by atoms with Crippen LogP contribution in [0.15, 0.2) is 0 Å². The summed E-state index contributed by atoms with van der Waals surface area (Å²) in [6, 6.07) is 0. The number of rotatable bonds is 6. The normalized spacial score (nSPS) is 15.3. The Hall–Kier alpha value is -0.860. The van der Waals surface area contributed by atoms with Crippen molar-refractivity contribution in [3.05, 3.63) is 0 Å². The first kappa shape index (κ1) is 15.1. The molecule has 0 saturated heterocycles. The summed E-state index contributed by atoms with van der Waals surface area (Å²) in [5, 5.41) is 0. The molecule has 0 aliphatic rings. The zero-order valence-electron chi connectivity index (χ0n) is 11.1. The minimum absolute atomic E-state index is 0.411. The van der Waals surface area contributed by atoms with Gasteiger partial charge >= 0.3 is 5.97 Å². The summed E-state index contributed by atoms with van der Waals surface area (Å²) in [7, 11) is 0. The van der Waals surface area contributed by atoms with Gasteiger partial charge in [-0.3, -0.25) is 4.79 Å². The van der Waals surface area contributed by atoms with Gasteiger partial charge in [-0.15, -0.1) is 0 Å². The number of hydrogen-bond acceptors (Lipinski definition) is 3. The van der Waals surface area contributed by atoms with Crippen molar-refractivity contribution >= 4 is 12.3 Å². The van der Waals surface area contributed by atoms with E-state index < -0.39 is 17.0 Å². The van der Waals surface area contributed by atoms with Gasteiger partial charge in [0.15, 0.2) is 0 Å². The third-order valence-corrected chi connectivity index (χ3v) is 2.42. The van der Waals surface area contributed by atoms with Gasteiger partial charge in [0.25, 0.3) is 0 Å². The molecular weight excluding hydrogens is 204 g/mol. The van der Waals surface area contributed by atoms with E-state index in [9.17, 15) is 9.59 Å². The summed E-state index contributed by atoms with van der Waals surface area (Å²) >= 11 is 0. The molecule has 0 heterocycles. The molecule has 1 atom stereocenters. The lowest BCUT2D eigenvalue weighted by Gasteiger charge is -2.27. The molecule has 3 heteroatoms. The minimum atomic E-state index is -0.984. The molecule has 1 unspecified atom stereocenters. The van der Waals surface area contributed by atoms with E-state index in [1.807, 2.05) is 20.8 Å². The Balaban J connectivity index is 4.44. The second kappa shape index (κ2) is 6.02. The molecule has 3 nitrogen and oxygen atoms in total. The fourth-order valence-electron chi connectivity index (χ4n) is 1.35. The van der Waals surface area contributed by atoms with Crippen LogP contribution < -0.4 is 0 Å². The number of carbonyl (C=O) groups is 2. The number of aldehydes is 1. The smallest absolute Gasteiger partial charge is 0.319 e. The molecular formula is C13H24O3. The summed E-state index contributed by atoms with van der Waals surface area (Å²) in [6.45, 7) is 9.17. The molecule has 16 heavy (non-hydrogen) atoms. The zero-order chi connectivity index (χ0) is 12.8. The van der Waals surface area contributed by atoms with Crippen LogP contribution in [-0.2, 0) is 14.3 Å². The maximum atomic E-state index is 11.9. The number of esters is 1. The van der Waals surface area contributed by atoms with E-state index in [2.05, 4.69) is 6.92 Å². The standard InChI is InChI=1S/C13H24O3/c1-6-7-8-9-13(5,10-14)11(15)16-12(2,3)4/h10H,6-9H2,1-5H3. The van der Waals surface area contributed by atoms with Gasteiger partial charge < -0.3 is 9.53 Å². The van der Waals surface area contributed by atoms with Crippen molar-refractivity contribution in [3.8, 4) is 0 Å². The second-order valence-electron chi connectivity index (χ2n) is 5.49. The van der Waals surface area contributed by atoms with Gasteiger partial charge in [-0.05, 0) is 34.1 Å². The summed E-state index contributed by atoms with van der Waals surface area (Å²) in [4.78, 5) is 22.9. The summed E-state index contributed by atoms with van der Waals surface area (Å²) in [5.74, 6) is -0.411. The second-order valence-corrected chi connectivity index (χ2v) is 5.49. The zero-order valence-corrected chi connectivity index (χ0v) is 11.1. The Morgan fingerprint density at radius 1 is 1.19 bits per heavy atom. The van der Waals surface area contributed by atoms with Crippen molar-refractivity contribution in [2.75, 3.05) is 0 Å². The predicted octanol–water partition coefficient (Wildman–Crippen LogP) is 3.11. The Bertz CT molecular complexity index is 240. The molecule has 0 saturated carbocycles. The third kappa shape index (κ3) is 5.29. The predicted molar refractivity (Wildman–Crippen MR) is 64.2 cm³/mol. The van der Waals surface area contributed by atoms with Gasteiger partial charge in [0.05, 0.1) is 0 Å². The number of unbranched alkanes of at least 4 members (excludes halogenated alkanes) is 2. The van der Waals surface area contributed by atoms with Gasteiger partial charge in [0, 0.05) is 0 Å². The Morgan fingerprint density at radius 3 is 2.12 bits per heavy atom. The van der Waals surface area contributed by atoms with Crippen LogP contribution in [0.25, 0.3) is 0 Å². The highest BCUT2D eigenvalue weighted by Crippen LogP contribution is 2.26. The molecule has 0 bridgehead atoms. The van der Waals surface area contributed by atoms with Crippen LogP contribution >= 0.6 is 0 Å². The Labute approximate surface area is 98.6 Å². The van der Waals surface area contributed by atoms with Crippen LogP contribution in [0.5, 0.6) is 0 Å². The molecule has 0 aromatic carbocycles. The van der Waals surface area contributed by atoms with Crippen molar-refractivity contribution in [1.29, 1.82) is 0 Å². The average molecular weight is 228 g/mol. The first-order chi connectivity index (χ1) is 7.25. The van der Waals surface area contributed by atoms with E-state index in [-0.39, 0.29) is 0 Å². The quantitative estimate of drug-likeness (QED) is 0.303. The highest BCUT2D eigenvalue weighted by Gasteiger charge is 2.36. The van der Waals surface area contributed by atoms with Gasteiger partial charge in [0.1, 0.15) is 17.3 Å². The largest absolute Gasteiger partial charge is 0.459 e. The van der Waals surface area contributed by atoms with Crippen molar-refractivity contribution in [1.82, 2.24) is 0 Å². The summed E-state index contributed by atoms with van der Waals surface area (Å²) < 4.78 is 5.25. The summed E-state index contributed by atoms with van der Waals surface area (Å²) in [5.41, 5.74) is -1.52. The fraction of sp³-hybridized carbons (Fsp3) is 0.846. The highest BCUT2D eigenvalue weighted by molar-refractivity contribution is 5.92. The van der Waals surface area contributed by atoms with Crippen LogP contribution in [0.1, 0.15) is 60.3 Å². The minimum Gasteiger partial charge on any atom is -0.459 e. The molecule has 0 radical (unpaired) electrons. The lowest BCUT2D eigenvalue weighted by atomic mass is 9.86. The van der Waals surface area contributed by atoms with Crippen LogP contribution in [0, 0.1) is 5.41 Å². The molecule has 0 aliphatic carbocycles. The average Bonchev–Trinajstić information content (AvgIpc) is 2.15. The van der Waals surface area contributed by atoms with Gasteiger partial charge in [-0.1, -0.05) is 26.2 Å². The number of carbonyl (C=O) groups excluding carboxylic acids is 2. The van der Waals surface area contributed by atoms with Crippen molar-refractivity contribution in [3.63, 3.8) is 0 Å². The van der Waals surface area contributed by atoms with Crippen LogP contribution in [0.3, 0.4) is 0 Å². The van der Waals surface area contributed by atoms with Crippen molar-refractivity contribution in [2.24, 2.45) is 5.41 Å². The molecule has 0 spiro atoms. The highest BCUT2D eigenvalue weighted by atomic mass is 16.6. The molecule has 0 rings (SSSR count). The third-order valence-electron chi connectivity index (χ3n) is 2.42. The first-order valence-corrected chi connectivity index (χ1v) is 5.95. The Morgan fingerprint density at radius 2 is 1.75 bits per heavy atom. The van der Waals surface area contributed by atoms with Crippen molar-refractivity contribution in [2.45, 2.75) is 65.9 Å². The van der Waals surface area contributed by atoms with E-state index in [4.69, 9.17) is 4.74 Å². The van der Waals surface area contributed by atoms with Crippen LogP contribution in [-0.4, -0.2) is 17.9 Å². The first-order valence-electron chi connectivity index (χ1n) is 5.95. The monoisotopic (exact) mass is 228 g/mol. The van der Waals surface area contributed by atoms with E-state index in [1.165, 1.54) is 0 Å². The maximum Gasteiger partial charge on any atom is 0.319 e. The lowest BCUT2D eigenvalue weighted by molar-refractivity contribution is -0.167. The number of ether oxygens (including phenoxy) is 1. The number of hydrogen-bond donors (Lipinski definition) is 0. The molecule has 0 aliphatic heterocycles. The van der Waals surface area contributed by atoms with E-state index in [0.29, 0.717) is 6.42 Å². The SMILES string of the molecule is CCCCCC(C)(C=O)C(=O)OC(C)(C)C. The Kier molecular flexibility index (Phi) is 5.70. The fourth-order valence-corrected chi connectivity index (χ4v) is 1.35. The van der Waals surface area contributed by atoms with Crippen LogP contribution in [0.4, 0.5) is 0 Å². The lowest BCUT2D eigenvalue weighted by Crippen LogP contribution is -2.36. The molecule has 0 N–H and O–H groups in total.